The van der Waals surface area contributed by atoms with Crippen molar-refractivity contribution in [3.8, 4) is 0 Å². The predicted molar refractivity (Wildman–Crippen MR) is 90.1 cm³/mol. The molecule has 0 fully saturated rings. The largest absolute Gasteiger partial charge is 0.326 e. The van der Waals surface area contributed by atoms with Gasteiger partial charge in [0, 0.05) is 28.7 Å². The fraction of sp³-hybridized carbons (Fsp3) is 0.529. The smallest absolute Gasteiger partial charge is 0.0349 e. The quantitative estimate of drug-likeness (QED) is 0.863. The Balaban J connectivity index is 2.24. The van der Waals surface area contributed by atoms with Crippen LogP contribution in [-0.4, -0.2) is 18.0 Å². The Labute approximate surface area is 126 Å². The summed E-state index contributed by atoms with van der Waals surface area (Å²) in [5.41, 5.74) is 7.36. The lowest BCUT2D eigenvalue weighted by Gasteiger charge is -2.26. The van der Waals surface area contributed by atoms with Gasteiger partial charge in [0.1, 0.15) is 0 Å². The summed E-state index contributed by atoms with van der Waals surface area (Å²) in [5.74, 6) is 0.737. The van der Waals surface area contributed by atoms with Gasteiger partial charge in [0.05, 0.1) is 0 Å². The second-order valence-corrected chi connectivity index (χ2v) is 7.23. The lowest BCUT2D eigenvalue weighted by atomic mass is 10.0. The number of hydrogen-bond donors (Lipinski definition) is 1. The molecular formula is C17H26N2S. The summed E-state index contributed by atoms with van der Waals surface area (Å²) < 4.78 is 1.35. The summed E-state index contributed by atoms with van der Waals surface area (Å²) in [6.07, 6.45) is 1.23. The van der Waals surface area contributed by atoms with Gasteiger partial charge in [0.25, 0.3) is 0 Å². The molecule has 0 aliphatic carbocycles. The van der Waals surface area contributed by atoms with Crippen molar-refractivity contribution in [1.29, 1.82) is 0 Å². The average Bonchev–Trinajstić information content (AvgIpc) is 2.76. The van der Waals surface area contributed by atoms with Crippen LogP contribution in [-0.2, 0) is 13.1 Å². The summed E-state index contributed by atoms with van der Waals surface area (Å²) in [5, 5.41) is 1.38. The van der Waals surface area contributed by atoms with E-state index < -0.39 is 0 Å². The average molecular weight is 290 g/mol. The molecule has 1 aromatic heterocycles. The molecule has 0 amide bonds. The van der Waals surface area contributed by atoms with Crippen molar-refractivity contribution in [3.63, 3.8) is 0 Å². The standard InChI is InChI=1S/C17H26N2S/c1-12(2)9-13(3)19(4)11-15-14-7-5-6-8-16(14)20-17(15)10-18/h5-8,12-13H,9-11,18H2,1-4H3. The molecule has 0 spiro atoms. The molecule has 0 saturated carbocycles. The lowest BCUT2D eigenvalue weighted by Crippen LogP contribution is -2.30. The van der Waals surface area contributed by atoms with Crippen LogP contribution in [0.5, 0.6) is 0 Å². The number of benzene rings is 1. The topological polar surface area (TPSA) is 29.3 Å². The van der Waals surface area contributed by atoms with Crippen LogP contribution in [0.25, 0.3) is 10.1 Å². The molecule has 2 aromatic rings. The zero-order valence-electron chi connectivity index (χ0n) is 13.0. The van der Waals surface area contributed by atoms with E-state index in [-0.39, 0.29) is 0 Å². The fourth-order valence-corrected chi connectivity index (χ4v) is 3.85. The monoisotopic (exact) mass is 290 g/mol. The van der Waals surface area contributed by atoms with Crippen LogP contribution >= 0.6 is 11.3 Å². The van der Waals surface area contributed by atoms with E-state index in [0.717, 1.165) is 12.5 Å². The third kappa shape index (κ3) is 3.40. The lowest BCUT2D eigenvalue weighted by molar-refractivity contribution is 0.221. The molecule has 1 unspecified atom stereocenters. The van der Waals surface area contributed by atoms with Gasteiger partial charge in [-0.25, -0.2) is 0 Å². The Morgan fingerprint density at radius 2 is 1.90 bits per heavy atom. The van der Waals surface area contributed by atoms with Crippen LogP contribution in [0.1, 0.15) is 37.6 Å². The van der Waals surface area contributed by atoms with Gasteiger partial charge < -0.3 is 5.73 Å². The molecule has 3 heteroatoms. The number of thiophene rings is 1. The van der Waals surface area contributed by atoms with Crippen LogP contribution in [0.3, 0.4) is 0 Å². The first kappa shape index (κ1) is 15.5. The molecule has 0 aliphatic heterocycles. The first-order valence-electron chi connectivity index (χ1n) is 7.42. The van der Waals surface area contributed by atoms with Crippen molar-refractivity contribution in [2.75, 3.05) is 7.05 Å². The molecule has 0 radical (unpaired) electrons. The molecule has 1 heterocycles. The molecule has 0 saturated heterocycles. The van der Waals surface area contributed by atoms with Gasteiger partial charge in [0.2, 0.25) is 0 Å². The van der Waals surface area contributed by atoms with Crippen LogP contribution in [0.4, 0.5) is 0 Å². The van der Waals surface area contributed by atoms with Gasteiger partial charge in [-0.1, -0.05) is 32.0 Å². The molecular weight excluding hydrogens is 264 g/mol. The van der Waals surface area contributed by atoms with Crippen molar-refractivity contribution < 1.29 is 0 Å². The Kier molecular flexibility index (Phi) is 5.19. The SMILES string of the molecule is CC(C)CC(C)N(C)Cc1c(CN)sc2ccccc12. The Morgan fingerprint density at radius 1 is 1.20 bits per heavy atom. The normalized spacial score (nSPS) is 13.6. The molecule has 1 atom stereocenters. The van der Waals surface area contributed by atoms with Gasteiger partial charge >= 0.3 is 0 Å². The van der Waals surface area contributed by atoms with Crippen molar-refractivity contribution in [1.82, 2.24) is 4.90 Å². The maximum absolute atomic E-state index is 5.94. The van der Waals surface area contributed by atoms with Crippen molar-refractivity contribution in [2.24, 2.45) is 11.7 Å². The van der Waals surface area contributed by atoms with E-state index in [1.165, 1.54) is 26.9 Å². The minimum atomic E-state index is 0.597. The summed E-state index contributed by atoms with van der Waals surface area (Å²) >= 11 is 1.84. The van der Waals surface area contributed by atoms with Gasteiger partial charge in [-0.2, -0.15) is 0 Å². The van der Waals surface area contributed by atoms with E-state index in [1.54, 1.807) is 0 Å². The zero-order valence-corrected chi connectivity index (χ0v) is 13.8. The summed E-state index contributed by atoms with van der Waals surface area (Å²) in [7, 11) is 2.22. The van der Waals surface area contributed by atoms with Crippen molar-refractivity contribution >= 4 is 21.4 Å². The third-order valence-electron chi connectivity index (χ3n) is 3.94. The van der Waals surface area contributed by atoms with Crippen LogP contribution in [0.2, 0.25) is 0 Å². The minimum Gasteiger partial charge on any atom is -0.326 e. The van der Waals surface area contributed by atoms with Crippen LogP contribution in [0, 0.1) is 5.92 Å². The predicted octanol–water partition coefficient (Wildman–Crippen LogP) is 4.23. The van der Waals surface area contributed by atoms with E-state index in [1.807, 2.05) is 11.3 Å². The number of hydrogen-bond acceptors (Lipinski definition) is 3. The molecule has 20 heavy (non-hydrogen) atoms. The highest BCUT2D eigenvalue weighted by Crippen LogP contribution is 2.32. The second-order valence-electron chi connectivity index (χ2n) is 6.10. The van der Waals surface area contributed by atoms with Crippen LogP contribution < -0.4 is 5.73 Å². The molecule has 0 aliphatic rings. The Bertz CT molecular complexity index is 559. The number of nitrogens with zero attached hydrogens (tertiary/aromatic N) is 1. The minimum absolute atomic E-state index is 0.597. The maximum Gasteiger partial charge on any atom is 0.0349 e. The Morgan fingerprint density at radius 3 is 2.55 bits per heavy atom. The van der Waals surface area contributed by atoms with Crippen LogP contribution in [0.15, 0.2) is 24.3 Å². The van der Waals surface area contributed by atoms with Gasteiger partial charge in [-0.05, 0) is 43.3 Å². The van der Waals surface area contributed by atoms with E-state index in [2.05, 4.69) is 57.0 Å². The second kappa shape index (κ2) is 6.70. The maximum atomic E-state index is 5.94. The van der Waals surface area contributed by atoms with Gasteiger partial charge in [-0.3, -0.25) is 4.90 Å². The molecule has 2 rings (SSSR count). The van der Waals surface area contributed by atoms with Crippen molar-refractivity contribution in [2.45, 2.75) is 46.3 Å². The van der Waals surface area contributed by atoms with Gasteiger partial charge in [0.15, 0.2) is 0 Å². The summed E-state index contributed by atoms with van der Waals surface area (Å²) in [4.78, 5) is 3.78. The third-order valence-corrected chi connectivity index (χ3v) is 5.18. The zero-order chi connectivity index (χ0) is 14.7. The molecule has 1 aromatic carbocycles. The number of nitrogens with two attached hydrogens (primary N) is 1. The molecule has 2 nitrogen and oxygen atoms in total. The number of fused-ring (bicyclic) bond motifs is 1. The molecule has 110 valence electrons. The van der Waals surface area contributed by atoms with E-state index in [9.17, 15) is 0 Å². The summed E-state index contributed by atoms with van der Waals surface area (Å²) in [6, 6.07) is 9.24. The highest BCUT2D eigenvalue weighted by molar-refractivity contribution is 7.19. The first-order valence-corrected chi connectivity index (χ1v) is 8.24. The highest BCUT2D eigenvalue weighted by Gasteiger charge is 2.16. The van der Waals surface area contributed by atoms with Crippen molar-refractivity contribution in [3.05, 3.63) is 34.7 Å². The van der Waals surface area contributed by atoms with E-state index in [0.29, 0.717) is 12.6 Å². The summed E-state index contributed by atoms with van der Waals surface area (Å²) in [6.45, 7) is 8.52. The Hall–Kier alpha value is -0.900. The first-order chi connectivity index (χ1) is 9.52. The highest BCUT2D eigenvalue weighted by atomic mass is 32.1. The molecule has 0 bridgehead atoms. The van der Waals surface area contributed by atoms with E-state index in [4.69, 9.17) is 5.73 Å². The van der Waals surface area contributed by atoms with E-state index >= 15 is 0 Å². The number of rotatable bonds is 6. The fourth-order valence-electron chi connectivity index (χ4n) is 2.76. The molecule has 2 N–H and O–H groups in total. The van der Waals surface area contributed by atoms with Gasteiger partial charge in [-0.15, -0.1) is 11.3 Å².